The zero-order valence-electron chi connectivity index (χ0n) is 11.8. The molecule has 116 valence electrons. The van der Waals surface area contributed by atoms with E-state index in [1.165, 1.54) is 25.2 Å². The summed E-state index contributed by atoms with van der Waals surface area (Å²) in [6.45, 7) is 0.332. The van der Waals surface area contributed by atoms with Gasteiger partial charge in [0, 0.05) is 6.54 Å². The summed E-state index contributed by atoms with van der Waals surface area (Å²) in [6, 6.07) is 13.4. The first kappa shape index (κ1) is 16.5. The summed E-state index contributed by atoms with van der Waals surface area (Å²) in [5.74, 6) is -0.429. The summed E-state index contributed by atoms with van der Waals surface area (Å²) >= 11 is 5.99. The molecular formula is C15H15ClN2O3S. The molecule has 0 heterocycles. The zero-order chi connectivity index (χ0) is 16.2. The lowest BCUT2D eigenvalue weighted by molar-refractivity contribution is 0.0951. The highest BCUT2D eigenvalue weighted by Crippen LogP contribution is 2.20. The van der Waals surface area contributed by atoms with E-state index in [0.717, 1.165) is 5.56 Å². The lowest BCUT2D eigenvalue weighted by Gasteiger charge is -2.09. The van der Waals surface area contributed by atoms with Crippen molar-refractivity contribution in [3.8, 4) is 0 Å². The van der Waals surface area contributed by atoms with Crippen LogP contribution in [0.25, 0.3) is 0 Å². The van der Waals surface area contributed by atoms with Crippen LogP contribution in [0.3, 0.4) is 0 Å². The van der Waals surface area contributed by atoms with E-state index < -0.39 is 15.9 Å². The molecule has 5 nitrogen and oxygen atoms in total. The molecule has 0 unspecified atom stereocenters. The maximum atomic E-state index is 12.2. The fourth-order valence-electron chi connectivity index (χ4n) is 1.84. The van der Waals surface area contributed by atoms with Gasteiger partial charge in [-0.15, -0.1) is 0 Å². The SMILES string of the molecule is CNS(=O)(=O)c1ccc(Cl)c(C(=O)NCc2ccccc2)c1. The maximum absolute atomic E-state index is 12.2. The fourth-order valence-corrected chi connectivity index (χ4v) is 2.80. The van der Waals surface area contributed by atoms with E-state index in [0.29, 0.717) is 6.54 Å². The molecule has 0 saturated carbocycles. The summed E-state index contributed by atoms with van der Waals surface area (Å²) < 4.78 is 25.8. The zero-order valence-corrected chi connectivity index (χ0v) is 13.4. The standard InChI is InChI=1S/C15H15ClN2O3S/c1-17-22(20,21)12-7-8-14(16)13(9-12)15(19)18-10-11-5-3-2-4-6-11/h2-9,17H,10H2,1H3,(H,18,19). The average Bonchev–Trinajstić information content (AvgIpc) is 2.53. The van der Waals surface area contributed by atoms with Crippen LogP contribution in [0.4, 0.5) is 0 Å². The molecule has 0 spiro atoms. The largest absolute Gasteiger partial charge is 0.348 e. The Morgan fingerprint density at radius 3 is 2.45 bits per heavy atom. The lowest BCUT2D eigenvalue weighted by atomic mass is 10.2. The molecule has 0 aliphatic carbocycles. The molecule has 22 heavy (non-hydrogen) atoms. The van der Waals surface area contributed by atoms with Gasteiger partial charge in [0.2, 0.25) is 10.0 Å². The molecule has 0 aromatic heterocycles. The van der Waals surface area contributed by atoms with Gasteiger partial charge in [-0.25, -0.2) is 13.1 Å². The predicted molar refractivity (Wildman–Crippen MR) is 85.3 cm³/mol. The molecule has 0 saturated heterocycles. The van der Waals surface area contributed by atoms with Crippen LogP contribution in [0.5, 0.6) is 0 Å². The molecule has 0 bridgehead atoms. The minimum absolute atomic E-state index is 0.00994. The predicted octanol–water partition coefficient (Wildman–Crippen LogP) is 2.18. The molecule has 0 fully saturated rings. The average molecular weight is 339 g/mol. The van der Waals surface area contributed by atoms with E-state index in [2.05, 4.69) is 10.0 Å². The minimum atomic E-state index is -3.63. The van der Waals surface area contributed by atoms with Gasteiger partial charge in [0.25, 0.3) is 5.91 Å². The van der Waals surface area contributed by atoms with Gasteiger partial charge in [0.15, 0.2) is 0 Å². The van der Waals surface area contributed by atoms with Crippen LogP contribution in [0.2, 0.25) is 5.02 Å². The highest BCUT2D eigenvalue weighted by molar-refractivity contribution is 7.89. The van der Waals surface area contributed by atoms with Crippen LogP contribution in [0.1, 0.15) is 15.9 Å². The van der Waals surface area contributed by atoms with Gasteiger partial charge in [-0.05, 0) is 30.8 Å². The molecule has 2 N–H and O–H groups in total. The second kappa shape index (κ2) is 6.91. The monoisotopic (exact) mass is 338 g/mol. The third kappa shape index (κ3) is 3.85. The van der Waals surface area contributed by atoms with E-state index >= 15 is 0 Å². The lowest BCUT2D eigenvalue weighted by Crippen LogP contribution is -2.24. The van der Waals surface area contributed by atoms with Gasteiger partial charge in [0.05, 0.1) is 15.5 Å². The van der Waals surface area contributed by atoms with Crippen molar-refractivity contribution in [2.24, 2.45) is 0 Å². The maximum Gasteiger partial charge on any atom is 0.253 e. The third-order valence-corrected chi connectivity index (χ3v) is 4.80. The summed E-state index contributed by atoms with van der Waals surface area (Å²) in [5.41, 5.74) is 1.06. The molecule has 2 rings (SSSR count). The Balaban J connectivity index is 2.20. The molecule has 2 aromatic carbocycles. The highest BCUT2D eigenvalue weighted by atomic mass is 35.5. The number of nitrogens with one attached hydrogen (secondary N) is 2. The Bertz CT molecular complexity index is 777. The molecular weight excluding hydrogens is 324 g/mol. The molecule has 0 aliphatic heterocycles. The molecule has 0 aliphatic rings. The molecule has 0 atom stereocenters. The highest BCUT2D eigenvalue weighted by Gasteiger charge is 2.17. The Hall–Kier alpha value is -1.89. The first-order chi connectivity index (χ1) is 10.4. The summed E-state index contributed by atoms with van der Waals surface area (Å²) in [4.78, 5) is 12.2. The van der Waals surface area contributed by atoms with Crippen LogP contribution in [0, 0.1) is 0 Å². The normalized spacial score (nSPS) is 11.2. The summed E-state index contributed by atoms with van der Waals surface area (Å²) in [6.07, 6.45) is 0. The minimum Gasteiger partial charge on any atom is -0.348 e. The fraction of sp³-hybridized carbons (Fsp3) is 0.133. The van der Waals surface area contributed by atoms with Crippen molar-refractivity contribution in [1.82, 2.24) is 10.0 Å². The van der Waals surface area contributed by atoms with Crippen molar-refractivity contribution in [2.45, 2.75) is 11.4 Å². The number of benzene rings is 2. The number of sulfonamides is 1. The van der Waals surface area contributed by atoms with Crippen molar-refractivity contribution >= 4 is 27.5 Å². The van der Waals surface area contributed by atoms with Gasteiger partial charge in [0.1, 0.15) is 0 Å². The van der Waals surface area contributed by atoms with Gasteiger partial charge >= 0.3 is 0 Å². The molecule has 0 radical (unpaired) electrons. The van der Waals surface area contributed by atoms with Crippen molar-refractivity contribution in [2.75, 3.05) is 7.05 Å². The summed E-state index contributed by atoms with van der Waals surface area (Å²) in [7, 11) is -2.32. The first-order valence-electron chi connectivity index (χ1n) is 6.49. The smallest absolute Gasteiger partial charge is 0.253 e. The van der Waals surface area contributed by atoms with Crippen molar-refractivity contribution in [3.05, 3.63) is 64.7 Å². The van der Waals surface area contributed by atoms with Gasteiger partial charge in [-0.2, -0.15) is 0 Å². The van der Waals surface area contributed by atoms with Crippen molar-refractivity contribution < 1.29 is 13.2 Å². The quantitative estimate of drug-likeness (QED) is 0.877. The Morgan fingerprint density at radius 1 is 1.14 bits per heavy atom. The number of carbonyl (C=O) groups excluding carboxylic acids is 1. The first-order valence-corrected chi connectivity index (χ1v) is 8.35. The van der Waals surface area contributed by atoms with Gasteiger partial charge < -0.3 is 5.32 Å². The molecule has 1 amide bonds. The topological polar surface area (TPSA) is 75.3 Å². The van der Waals surface area contributed by atoms with Crippen LogP contribution in [-0.2, 0) is 16.6 Å². The summed E-state index contributed by atoms with van der Waals surface area (Å²) in [5, 5.41) is 2.91. The van der Waals surface area contributed by atoms with E-state index in [4.69, 9.17) is 11.6 Å². The van der Waals surface area contributed by atoms with Crippen molar-refractivity contribution in [3.63, 3.8) is 0 Å². The van der Waals surface area contributed by atoms with Crippen LogP contribution < -0.4 is 10.0 Å². The Labute approximate surface area is 134 Å². The number of carbonyl (C=O) groups is 1. The van der Waals surface area contributed by atoms with Gasteiger partial charge in [-0.1, -0.05) is 41.9 Å². The Morgan fingerprint density at radius 2 is 1.82 bits per heavy atom. The number of hydrogen-bond donors (Lipinski definition) is 2. The van der Waals surface area contributed by atoms with Crippen LogP contribution in [0.15, 0.2) is 53.4 Å². The second-order valence-electron chi connectivity index (χ2n) is 4.52. The van der Waals surface area contributed by atoms with Gasteiger partial charge in [-0.3, -0.25) is 4.79 Å². The van der Waals surface area contributed by atoms with E-state index in [1.807, 2.05) is 30.3 Å². The number of amides is 1. The number of halogens is 1. The second-order valence-corrected chi connectivity index (χ2v) is 6.81. The van der Waals surface area contributed by atoms with Crippen molar-refractivity contribution in [1.29, 1.82) is 0 Å². The molecule has 2 aromatic rings. The number of rotatable bonds is 5. The van der Waals surface area contributed by atoms with E-state index in [-0.39, 0.29) is 15.5 Å². The van der Waals surface area contributed by atoms with Crippen LogP contribution in [-0.4, -0.2) is 21.4 Å². The molecule has 7 heteroatoms. The number of hydrogen-bond acceptors (Lipinski definition) is 3. The van der Waals surface area contributed by atoms with E-state index in [9.17, 15) is 13.2 Å². The van der Waals surface area contributed by atoms with Crippen LogP contribution >= 0.6 is 11.6 Å². The third-order valence-electron chi connectivity index (χ3n) is 3.06. The van der Waals surface area contributed by atoms with E-state index in [1.54, 1.807) is 0 Å². The Kier molecular flexibility index (Phi) is 5.18.